The van der Waals surface area contributed by atoms with Crippen molar-refractivity contribution in [2.75, 3.05) is 0 Å². The van der Waals surface area contributed by atoms with Gasteiger partial charge in [0.05, 0.1) is 0 Å². The highest BCUT2D eigenvalue weighted by molar-refractivity contribution is 5.74. The number of aromatic nitrogens is 1. The summed E-state index contributed by atoms with van der Waals surface area (Å²) in [7, 11) is 0. The van der Waals surface area contributed by atoms with E-state index in [0.29, 0.717) is 12.6 Å². The van der Waals surface area contributed by atoms with E-state index in [1.54, 1.807) is 0 Å². The highest BCUT2D eigenvalue weighted by atomic mass is 16.2. The summed E-state index contributed by atoms with van der Waals surface area (Å²) in [5.74, 6) is 0.0907. The van der Waals surface area contributed by atoms with Crippen LogP contribution in [0.3, 0.4) is 0 Å². The van der Waals surface area contributed by atoms with E-state index >= 15 is 0 Å². The lowest BCUT2D eigenvalue weighted by molar-refractivity contribution is -0.690. The molecule has 0 saturated heterocycles. The van der Waals surface area contributed by atoms with Gasteiger partial charge in [0.1, 0.15) is 0 Å². The zero-order valence-electron chi connectivity index (χ0n) is 10.4. The third kappa shape index (κ3) is 3.65. The minimum absolute atomic E-state index is 0.0907. The van der Waals surface area contributed by atoms with Crippen LogP contribution < -0.4 is 9.88 Å². The number of hydrogen-bond acceptors (Lipinski definition) is 1. The molecule has 1 aromatic heterocycles. The first-order chi connectivity index (χ1) is 7.67. The van der Waals surface area contributed by atoms with E-state index in [2.05, 4.69) is 19.2 Å². The van der Waals surface area contributed by atoms with Gasteiger partial charge in [-0.3, -0.25) is 4.79 Å². The van der Waals surface area contributed by atoms with Crippen LogP contribution in [0.2, 0.25) is 0 Å². The molecule has 1 heterocycles. The van der Waals surface area contributed by atoms with Gasteiger partial charge < -0.3 is 5.32 Å². The number of carbonyl (C=O) groups excluding carboxylic acids is 1. The first-order valence-electron chi connectivity index (χ1n) is 5.91. The first-order valence-corrected chi connectivity index (χ1v) is 5.91. The summed E-state index contributed by atoms with van der Waals surface area (Å²) in [6.45, 7) is 6.60. The van der Waals surface area contributed by atoms with Crippen molar-refractivity contribution in [3.63, 3.8) is 0 Å². The minimum atomic E-state index is 0.0907. The molecule has 0 saturated carbocycles. The quantitative estimate of drug-likeness (QED) is 0.752. The SMILES string of the molecule is CCC(CC)NC(=O)C[n+]1ccccc1C. The Morgan fingerprint density at radius 3 is 2.62 bits per heavy atom. The summed E-state index contributed by atoms with van der Waals surface area (Å²) in [4.78, 5) is 11.8. The normalized spacial score (nSPS) is 10.5. The fraction of sp³-hybridized carbons (Fsp3) is 0.538. The van der Waals surface area contributed by atoms with Gasteiger partial charge in [-0.25, -0.2) is 0 Å². The molecule has 1 N–H and O–H groups in total. The predicted molar refractivity (Wildman–Crippen MR) is 63.9 cm³/mol. The number of carbonyl (C=O) groups is 1. The van der Waals surface area contributed by atoms with Crippen molar-refractivity contribution in [1.82, 2.24) is 5.32 Å². The van der Waals surface area contributed by atoms with Crippen LogP contribution in [-0.2, 0) is 11.3 Å². The molecule has 0 bridgehead atoms. The van der Waals surface area contributed by atoms with Crippen LogP contribution in [-0.4, -0.2) is 11.9 Å². The van der Waals surface area contributed by atoms with Crippen molar-refractivity contribution in [3.8, 4) is 0 Å². The van der Waals surface area contributed by atoms with Crippen LogP contribution in [0.5, 0.6) is 0 Å². The molecule has 1 rings (SSSR count). The third-order valence-corrected chi connectivity index (χ3v) is 2.83. The molecule has 3 heteroatoms. The summed E-state index contributed by atoms with van der Waals surface area (Å²) in [5, 5.41) is 3.03. The number of aryl methyl sites for hydroxylation is 1. The van der Waals surface area contributed by atoms with Crippen molar-refractivity contribution in [3.05, 3.63) is 30.1 Å². The van der Waals surface area contributed by atoms with Crippen molar-refractivity contribution >= 4 is 5.91 Å². The van der Waals surface area contributed by atoms with E-state index in [-0.39, 0.29) is 5.91 Å². The summed E-state index contributed by atoms with van der Waals surface area (Å²) in [6, 6.07) is 6.23. The number of nitrogens with one attached hydrogen (secondary N) is 1. The van der Waals surface area contributed by atoms with Gasteiger partial charge in [-0.2, -0.15) is 4.57 Å². The van der Waals surface area contributed by atoms with E-state index in [1.165, 1.54) is 0 Å². The van der Waals surface area contributed by atoms with E-state index in [0.717, 1.165) is 18.5 Å². The standard InChI is InChI=1S/C13H20N2O/c1-4-12(5-2)14-13(16)10-15-9-7-6-8-11(15)3/h6-9,12H,4-5,10H2,1-3H3/p+1. The largest absolute Gasteiger partial charge is 0.348 e. The molecule has 0 aliphatic carbocycles. The maximum Gasteiger partial charge on any atom is 0.286 e. The zero-order valence-corrected chi connectivity index (χ0v) is 10.4. The third-order valence-electron chi connectivity index (χ3n) is 2.83. The molecule has 0 fully saturated rings. The average Bonchev–Trinajstić information content (AvgIpc) is 2.29. The lowest BCUT2D eigenvalue weighted by Crippen LogP contribution is -2.47. The lowest BCUT2D eigenvalue weighted by atomic mass is 10.2. The Balaban J connectivity index is 2.55. The number of nitrogens with zero attached hydrogens (tertiary/aromatic N) is 1. The lowest BCUT2D eigenvalue weighted by Gasteiger charge is -2.13. The molecule has 0 spiro atoms. The maximum atomic E-state index is 11.8. The molecule has 88 valence electrons. The average molecular weight is 221 g/mol. The van der Waals surface area contributed by atoms with E-state index < -0.39 is 0 Å². The van der Waals surface area contributed by atoms with E-state index in [1.807, 2.05) is 35.9 Å². The highest BCUT2D eigenvalue weighted by Gasteiger charge is 2.14. The molecule has 1 amide bonds. The number of pyridine rings is 1. The Hall–Kier alpha value is -1.38. The van der Waals surface area contributed by atoms with Crippen LogP contribution in [0.4, 0.5) is 0 Å². The summed E-state index contributed by atoms with van der Waals surface area (Å²) < 4.78 is 1.96. The first kappa shape index (κ1) is 12.7. The molecule has 3 nitrogen and oxygen atoms in total. The minimum Gasteiger partial charge on any atom is -0.348 e. The Kier molecular flexibility index (Phi) is 4.96. The second-order valence-corrected chi connectivity index (χ2v) is 4.05. The molecule has 0 aliphatic rings. The van der Waals surface area contributed by atoms with Gasteiger partial charge in [-0.15, -0.1) is 0 Å². The molecule has 1 aromatic rings. The Bertz CT molecular complexity index is 346. The zero-order chi connectivity index (χ0) is 12.0. The molecule has 0 aromatic carbocycles. The Morgan fingerprint density at radius 1 is 1.38 bits per heavy atom. The van der Waals surface area contributed by atoms with Crippen LogP contribution >= 0.6 is 0 Å². The van der Waals surface area contributed by atoms with Gasteiger partial charge in [0, 0.05) is 25.1 Å². The summed E-state index contributed by atoms with van der Waals surface area (Å²) in [5.41, 5.74) is 1.10. The van der Waals surface area contributed by atoms with Gasteiger partial charge in [0.15, 0.2) is 11.9 Å². The maximum absolute atomic E-state index is 11.8. The van der Waals surface area contributed by atoms with Crippen molar-refractivity contribution < 1.29 is 9.36 Å². The molecule has 0 atom stereocenters. The second kappa shape index (κ2) is 6.26. The molecular formula is C13H21N2O+. The van der Waals surface area contributed by atoms with Gasteiger partial charge in [0.25, 0.3) is 5.91 Å². The highest BCUT2D eigenvalue weighted by Crippen LogP contribution is 1.95. The molecular weight excluding hydrogens is 200 g/mol. The van der Waals surface area contributed by atoms with Crippen LogP contribution in [0, 0.1) is 6.92 Å². The monoisotopic (exact) mass is 221 g/mol. The van der Waals surface area contributed by atoms with Crippen molar-refractivity contribution in [2.24, 2.45) is 0 Å². The van der Waals surface area contributed by atoms with Gasteiger partial charge >= 0.3 is 0 Å². The predicted octanol–water partition coefficient (Wildman–Crippen LogP) is 1.59. The second-order valence-electron chi connectivity index (χ2n) is 4.05. The van der Waals surface area contributed by atoms with Crippen LogP contribution in [0.25, 0.3) is 0 Å². The van der Waals surface area contributed by atoms with E-state index in [4.69, 9.17) is 0 Å². The van der Waals surface area contributed by atoms with Gasteiger partial charge in [0.2, 0.25) is 6.54 Å². The number of amides is 1. The van der Waals surface area contributed by atoms with E-state index in [9.17, 15) is 4.79 Å². The Morgan fingerprint density at radius 2 is 2.06 bits per heavy atom. The van der Waals surface area contributed by atoms with Crippen LogP contribution in [0.15, 0.2) is 24.4 Å². The molecule has 0 aliphatic heterocycles. The van der Waals surface area contributed by atoms with Crippen molar-refractivity contribution in [1.29, 1.82) is 0 Å². The summed E-state index contributed by atoms with van der Waals surface area (Å²) >= 11 is 0. The van der Waals surface area contributed by atoms with Gasteiger partial charge in [-0.1, -0.05) is 19.9 Å². The fourth-order valence-electron chi connectivity index (χ4n) is 1.66. The smallest absolute Gasteiger partial charge is 0.286 e. The topological polar surface area (TPSA) is 33.0 Å². The van der Waals surface area contributed by atoms with Gasteiger partial charge in [-0.05, 0) is 12.8 Å². The number of hydrogen-bond donors (Lipinski definition) is 1. The van der Waals surface area contributed by atoms with Crippen molar-refractivity contribution in [2.45, 2.75) is 46.2 Å². The fourth-order valence-corrected chi connectivity index (χ4v) is 1.66. The molecule has 0 radical (unpaired) electrons. The molecule has 16 heavy (non-hydrogen) atoms. The summed E-state index contributed by atoms with van der Waals surface area (Å²) in [6.07, 6.45) is 3.91. The molecule has 0 unspecified atom stereocenters. The Labute approximate surface area is 97.5 Å². The van der Waals surface area contributed by atoms with Crippen LogP contribution in [0.1, 0.15) is 32.4 Å². The number of rotatable bonds is 5.